The Balaban J connectivity index is 1.61. The molecule has 2 aromatic carbocycles. The fourth-order valence-corrected chi connectivity index (χ4v) is 3.62. The van der Waals surface area contributed by atoms with Gasteiger partial charge in [0.05, 0.1) is 23.7 Å². The summed E-state index contributed by atoms with van der Waals surface area (Å²) in [5.74, 6) is -0.0866. The first kappa shape index (κ1) is 21.6. The van der Waals surface area contributed by atoms with Crippen LogP contribution in [0.2, 0.25) is 0 Å². The monoisotopic (exact) mass is 423 g/mol. The Morgan fingerprint density at radius 3 is 2.37 bits per heavy atom. The minimum atomic E-state index is -0.237. The molecule has 0 saturated heterocycles. The molecule has 1 heterocycles. The molecule has 6 nitrogen and oxygen atoms in total. The van der Waals surface area contributed by atoms with E-state index in [0.717, 1.165) is 22.5 Å². The van der Waals surface area contributed by atoms with Crippen molar-refractivity contribution < 1.29 is 14.3 Å². The Morgan fingerprint density at radius 2 is 1.70 bits per heavy atom. The predicted octanol–water partition coefficient (Wildman–Crippen LogP) is 4.30. The fraction of sp³-hybridized carbons (Fsp3) is 0.261. The summed E-state index contributed by atoms with van der Waals surface area (Å²) in [5.41, 5.74) is 3.85. The Bertz CT molecular complexity index is 901. The summed E-state index contributed by atoms with van der Waals surface area (Å²) in [4.78, 5) is 31.5. The molecule has 1 amide bonds. The maximum Gasteiger partial charge on any atom is 0.305 e. The minimum Gasteiger partial charge on any atom is -0.466 e. The number of H-pyrrole nitrogens is 1. The van der Waals surface area contributed by atoms with Gasteiger partial charge < -0.3 is 15.0 Å². The van der Waals surface area contributed by atoms with Gasteiger partial charge in [-0.25, -0.2) is 4.98 Å². The largest absolute Gasteiger partial charge is 0.466 e. The molecule has 0 bridgehead atoms. The van der Waals surface area contributed by atoms with E-state index in [-0.39, 0.29) is 17.6 Å². The van der Waals surface area contributed by atoms with Gasteiger partial charge in [-0.2, -0.15) is 0 Å². The average Bonchev–Trinajstić information content (AvgIpc) is 3.21. The molecule has 30 heavy (non-hydrogen) atoms. The Morgan fingerprint density at radius 1 is 1.03 bits per heavy atom. The molecule has 3 rings (SSSR count). The number of hydrogen-bond donors (Lipinski definition) is 2. The molecule has 0 radical (unpaired) electrons. The standard InChI is InChI=1S/C23H25N3O3S/c1-2-29-20(28)14-9-15-24-19(27)16-30-23-25-21(17-10-5-3-6-11-17)22(26-23)18-12-7-4-8-13-18/h3-8,10-13H,2,9,14-16H2,1H3,(H,24,27)(H,25,26). The number of amides is 1. The van der Waals surface area contributed by atoms with Gasteiger partial charge in [0.15, 0.2) is 5.16 Å². The first-order valence-corrected chi connectivity index (χ1v) is 10.9. The number of nitrogens with one attached hydrogen (secondary N) is 2. The molecule has 0 aliphatic heterocycles. The van der Waals surface area contributed by atoms with E-state index in [1.807, 2.05) is 60.7 Å². The van der Waals surface area contributed by atoms with Crippen LogP contribution in [0.1, 0.15) is 19.8 Å². The van der Waals surface area contributed by atoms with Crippen molar-refractivity contribution in [3.8, 4) is 22.5 Å². The second-order valence-corrected chi connectivity index (χ2v) is 7.51. The molecule has 0 aliphatic rings. The molecule has 0 atom stereocenters. The van der Waals surface area contributed by atoms with Crippen LogP contribution in [0, 0.1) is 0 Å². The topological polar surface area (TPSA) is 84.1 Å². The van der Waals surface area contributed by atoms with Crippen molar-refractivity contribution in [2.45, 2.75) is 24.9 Å². The van der Waals surface area contributed by atoms with Gasteiger partial charge in [0, 0.05) is 24.1 Å². The number of thioether (sulfide) groups is 1. The molecule has 7 heteroatoms. The Labute approximate surface area is 180 Å². The van der Waals surface area contributed by atoms with Crippen molar-refractivity contribution in [3.63, 3.8) is 0 Å². The molecule has 1 aromatic heterocycles. The zero-order valence-electron chi connectivity index (χ0n) is 16.9. The average molecular weight is 424 g/mol. The molecule has 0 fully saturated rings. The first-order chi connectivity index (χ1) is 14.7. The van der Waals surface area contributed by atoms with E-state index in [9.17, 15) is 9.59 Å². The smallest absolute Gasteiger partial charge is 0.305 e. The second kappa shape index (κ2) is 11.2. The number of aromatic amines is 1. The Hall–Kier alpha value is -3.06. The molecule has 0 aliphatic carbocycles. The lowest BCUT2D eigenvalue weighted by molar-refractivity contribution is -0.143. The highest BCUT2D eigenvalue weighted by Gasteiger charge is 2.15. The predicted molar refractivity (Wildman–Crippen MR) is 119 cm³/mol. The van der Waals surface area contributed by atoms with Gasteiger partial charge in [-0.15, -0.1) is 0 Å². The van der Waals surface area contributed by atoms with Crippen LogP contribution in [0.25, 0.3) is 22.5 Å². The third kappa shape index (κ3) is 6.22. The normalized spacial score (nSPS) is 10.6. The fourth-order valence-electron chi connectivity index (χ4n) is 2.92. The van der Waals surface area contributed by atoms with Gasteiger partial charge in [-0.05, 0) is 13.3 Å². The summed E-state index contributed by atoms with van der Waals surface area (Å²) in [6, 6.07) is 20.0. The van der Waals surface area contributed by atoms with Crippen molar-refractivity contribution in [2.75, 3.05) is 18.9 Å². The number of nitrogens with zero attached hydrogens (tertiary/aromatic N) is 1. The summed E-state index contributed by atoms with van der Waals surface area (Å²) >= 11 is 1.35. The van der Waals surface area contributed by atoms with Crippen molar-refractivity contribution in [1.82, 2.24) is 15.3 Å². The highest BCUT2D eigenvalue weighted by Crippen LogP contribution is 2.32. The molecule has 2 N–H and O–H groups in total. The third-order valence-electron chi connectivity index (χ3n) is 4.32. The SMILES string of the molecule is CCOC(=O)CCCNC(=O)CSc1nc(-c2ccccc2)c(-c2ccccc2)[nH]1. The minimum absolute atomic E-state index is 0.0946. The van der Waals surface area contributed by atoms with Crippen molar-refractivity contribution >= 4 is 23.6 Å². The number of hydrogen-bond acceptors (Lipinski definition) is 5. The lowest BCUT2D eigenvalue weighted by Gasteiger charge is -2.04. The van der Waals surface area contributed by atoms with Crippen LogP contribution in [0.15, 0.2) is 65.8 Å². The van der Waals surface area contributed by atoms with Gasteiger partial charge >= 0.3 is 5.97 Å². The maximum atomic E-state index is 12.1. The van der Waals surface area contributed by atoms with Crippen LogP contribution in [-0.2, 0) is 14.3 Å². The van der Waals surface area contributed by atoms with Crippen molar-refractivity contribution in [2.24, 2.45) is 0 Å². The van der Waals surface area contributed by atoms with E-state index in [1.54, 1.807) is 6.92 Å². The number of esters is 1. The van der Waals surface area contributed by atoms with Gasteiger partial charge in [0.2, 0.25) is 5.91 Å². The van der Waals surface area contributed by atoms with Crippen LogP contribution < -0.4 is 5.32 Å². The molecule has 0 saturated carbocycles. The summed E-state index contributed by atoms with van der Waals surface area (Å²) in [5, 5.41) is 3.52. The van der Waals surface area contributed by atoms with E-state index in [2.05, 4.69) is 10.3 Å². The molecule has 0 spiro atoms. The van der Waals surface area contributed by atoms with Gasteiger partial charge in [-0.3, -0.25) is 9.59 Å². The first-order valence-electron chi connectivity index (χ1n) is 9.93. The van der Waals surface area contributed by atoms with Gasteiger partial charge in [0.1, 0.15) is 0 Å². The van der Waals surface area contributed by atoms with E-state index in [1.165, 1.54) is 11.8 Å². The summed E-state index contributed by atoms with van der Waals surface area (Å²) < 4.78 is 4.87. The van der Waals surface area contributed by atoms with E-state index >= 15 is 0 Å². The quantitative estimate of drug-likeness (QED) is 0.289. The second-order valence-electron chi connectivity index (χ2n) is 6.54. The number of rotatable bonds is 10. The zero-order chi connectivity index (χ0) is 21.2. The zero-order valence-corrected chi connectivity index (χ0v) is 17.7. The van der Waals surface area contributed by atoms with E-state index in [0.29, 0.717) is 31.1 Å². The maximum absolute atomic E-state index is 12.1. The number of imidazole rings is 1. The number of ether oxygens (including phenoxy) is 1. The number of aromatic nitrogens is 2. The van der Waals surface area contributed by atoms with Crippen LogP contribution in [0.3, 0.4) is 0 Å². The third-order valence-corrected chi connectivity index (χ3v) is 5.19. The number of carbonyl (C=O) groups excluding carboxylic acids is 2. The van der Waals surface area contributed by atoms with Crippen LogP contribution in [0.5, 0.6) is 0 Å². The highest BCUT2D eigenvalue weighted by atomic mass is 32.2. The van der Waals surface area contributed by atoms with Crippen molar-refractivity contribution in [3.05, 3.63) is 60.7 Å². The number of carbonyl (C=O) groups is 2. The number of benzene rings is 2. The molecular weight excluding hydrogens is 398 g/mol. The van der Waals surface area contributed by atoms with Gasteiger partial charge in [-0.1, -0.05) is 72.4 Å². The lowest BCUT2D eigenvalue weighted by Crippen LogP contribution is -2.26. The summed E-state index contributed by atoms with van der Waals surface area (Å²) in [7, 11) is 0. The molecule has 3 aromatic rings. The summed E-state index contributed by atoms with van der Waals surface area (Å²) in [6.45, 7) is 2.60. The molecule has 156 valence electrons. The van der Waals surface area contributed by atoms with E-state index < -0.39 is 0 Å². The van der Waals surface area contributed by atoms with Gasteiger partial charge in [0.25, 0.3) is 0 Å². The highest BCUT2D eigenvalue weighted by molar-refractivity contribution is 7.99. The van der Waals surface area contributed by atoms with E-state index in [4.69, 9.17) is 9.72 Å². The molecular formula is C23H25N3O3S. The Kier molecular flexibility index (Phi) is 8.09. The van der Waals surface area contributed by atoms with Crippen molar-refractivity contribution in [1.29, 1.82) is 0 Å². The van der Waals surface area contributed by atoms with Crippen LogP contribution in [0.4, 0.5) is 0 Å². The lowest BCUT2D eigenvalue weighted by atomic mass is 10.1. The van der Waals surface area contributed by atoms with Crippen LogP contribution in [-0.4, -0.2) is 40.7 Å². The van der Waals surface area contributed by atoms with Crippen LogP contribution >= 0.6 is 11.8 Å². The summed E-state index contributed by atoms with van der Waals surface area (Å²) in [6.07, 6.45) is 0.868. The molecule has 0 unspecified atom stereocenters.